The smallest absolute Gasteiger partial charge is 0.319 e. The average Bonchev–Trinajstić information content (AvgIpc) is 1.97. The van der Waals surface area contributed by atoms with E-state index in [1.165, 1.54) is 0 Å². The molecule has 70 valence electrons. The Kier molecular flexibility index (Phi) is 6.07. The zero-order valence-electron chi connectivity index (χ0n) is 7.60. The summed E-state index contributed by atoms with van der Waals surface area (Å²) in [7, 11) is 0. The third-order valence-electron chi connectivity index (χ3n) is 1.32. The summed E-state index contributed by atoms with van der Waals surface area (Å²) in [6.45, 7) is 7.96. The van der Waals surface area contributed by atoms with Crippen LogP contribution in [0, 0.1) is 0 Å². The molecular formula is C9H15BrO2. The number of halogens is 1. The second-order valence-corrected chi connectivity index (χ2v) is 4.22. The Balaban J connectivity index is 3.32. The highest BCUT2D eigenvalue weighted by Crippen LogP contribution is 2.03. The van der Waals surface area contributed by atoms with Crippen LogP contribution in [0.15, 0.2) is 12.2 Å². The van der Waals surface area contributed by atoms with Crippen LogP contribution in [-0.4, -0.2) is 17.4 Å². The molecule has 1 atom stereocenters. The van der Waals surface area contributed by atoms with E-state index in [4.69, 9.17) is 4.74 Å². The van der Waals surface area contributed by atoms with E-state index in [1.807, 2.05) is 6.92 Å². The SMILES string of the molecule is C=C(C)CCCOC(=O)C(C)Br. The van der Waals surface area contributed by atoms with Crippen LogP contribution in [0.2, 0.25) is 0 Å². The molecule has 0 bridgehead atoms. The Morgan fingerprint density at radius 1 is 1.67 bits per heavy atom. The van der Waals surface area contributed by atoms with Gasteiger partial charge in [-0.1, -0.05) is 21.5 Å². The topological polar surface area (TPSA) is 26.3 Å². The third-order valence-corrected chi connectivity index (χ3v) is 1.69. The zero-order valence-corrected chi connectivity index (χ0v) is 9.19. The molecular weight excluding hydrogens is 220 g/mol. The van der Waals surface area contributed by atoms with Crippen LogP contribution in [0.25, 0.3) is 0 Å². The van der Waals surface area contributed by atoms with Crippen molar-refractivity contribution in [2.24, 2.45) is 0 Å². The van der Waals surface area contributed by atoms with Crippen molar-refractivity contribution in [2.45, 2.75) is 31.5 Å². The van der Waals surface area contributed by atoms with Gasteiger partial charge in [-0.25, -0.2) is 0 Å². The van der Waals surface area contributed by atoms with Gasteiger partial charge in [0.1, 0.15) is 4.83 Å². The second kappa shape index (κ2) is 6.23. The van der Waals surface area contributed by atoms with E-state index in [1.54, 1.807) is 6.92 Å². The fraction of sp³-hybridized carbons (Fsp3) is 0.667. The number of hydrogen-bond donors (Lipinski definition) is 0. The minimum Gasteiger partial charge on any atom is -0.465 e. The molecule has 0 N–H and O–H groups in total. The van der Waals surface area contributed by atoms with E-state index < -0.39 is 0 Å². The number of alkyl halides is 1. The fourth-order valence-electron chi connectivity index (χ4n) is 0.662. The predicted molar refractivity (Wildman–Crippen MR) is 53.4 cm³/mol. The fourth-order valence-corrected chi connectivity index (χ4v) is 0.794. The summed E-state index contributed by atoms with van der Waals surface area (Å²) in [6, 6.07) is 0. The molecule has 0 aromatic heterocycles. The summed E-state index contributed by atoms with van der Waals surface area (Å²) in [4.78, 5) is 10.7. The van der Waals surface area contributed by atoms with E-state index >= 15 is 0 Å². The molecule has 3 heteroatoms. The van der Waals surface area contributed by atoms with Crippen molar-refractivity contribution in [3.05, 3.63) is 12.2 Å². The molecule has 0 heterocycles. The summed E-state index contributed by atoms with van der Waals surface area (Å²) in [5.74, 6) is -0.197. The first-order valence-electron chi connectivity index (χ1n) is 3.99. The third kappa shape index (κ3) is 6.40. The standard InChI is InChI=1S/C9H15BrO2/c1-7(2)5-4-6-12-9(11)8(3)10/h8H,1,4-6H2,2-3H3. The van der Waals surface area contributed by atoms with Crippen molar-refractivity contribution in [3.63, 3.8) is 0 Å². The minimum atomic E-state index is -0.206. The summed E-state index contributed by atoms with van der Waals surface area (Å²) in [5, 5.41) is 0. The number of hydrogen-bond acceptors (Lipinski definition) is 2. The summed E-state index contributed by atoms with van der Waals surface area (Å²) < 4.78 is 4.93. The predicted octanol–water partition coefficient (Wildman–Crippen LogP) is 2.67. The molecule has 0 saturated heterocycles. The largest absolute Gasteiger partial charge is 0.465 e. The van der Waals surface area contributed by atoms with Gasteiger partial charge >= 0.3 is 5.97 Å². The normalized spacial score (nSPS) is 12.2. The van der Waals surface area contributed by atoms with Crippen LogP contribution < -0.4 is 0 Å². The van der Waals surface area contributed by atoms with Crippen LogP contribution in [0.3, 0.4) is 0 Å². The van der Waals surface area contributed by atoms with Crippen molar-refractivity contribution < 1.29 is 9.53 Å². The van der Waals surface area contributed by atoms with Crippen molar-refractivity contribution in [1.29, 1.82) is 0 Å². The molecule has 0 aliphatic carbocycles. The van der Waals surface area contributed by atoms with Gasteiger partial charge in [-0.3, -0.25) is 4.79 Å². The number of allylic oxidation sites excluding steroid dienone is 1. The molecule has 0 aliphatic heterocycles. The van der Waals surface area contributed by atoms with Gasteiger partial charge in [-0.05, 0) is 26.7 Å². The molecule has 0 radical (unpaired) electrons. The van der Waals surface area contributed by atoms with Crippen molar-refractivity contribution in [3.8, 4) is 0 Å². The lowest BCUT2D eigenvalue weighted by molar-refractivity contribution is -0.142. The summed E-state index contributed by atoms with van der Waals surface area (Å²) in [5.41, 5.74) is 1.12. The maximum Gasteiger partial charge on any atom is 0.319 e. The van der Waals surface area contributed by atoms with Gasteiger partial charge in [0.25, 0.3) is 0 Å². The van der Waals surface area contributed by atoms with Crippen LogP contribution in [0.1, 0.15) is 26.7 Å². The van der Waals surface area contributed by atoms with Crippen LogP contribution in [-0.2, 0) is 9.53 Å². The maximum atomic E-state index is 10.9. The zero-order chi connectivity index (χ0) is 9.56. The molecule has 1 unspecified atom stereocenters. The van der Waals surface area contributed by atoms with Crippen molar-refractivity contribution in [2.75, 3.05) is 6.61 Å². The Labute approximate surface area is 82.1 Å². The number of rotatable bonds is 5. The van der Waals surface area contributed by atoms with Crippen molar-refractivity contribution >= 4 is 21.9 Å². The first-order valence-corrected chi connectivity index (χ1v) is 4.90. The Hall–Kier alpha value is -0.310. The number of esters is 1. The Morgan fingerprint density at radius 2 is 2.25 bits per heavy atom. The minimum absolute atomic E-state index is 0.197. The van der Waals surface area contributed by atoms with Gasteiger partial charge in [0.15, 0.2) is 0 Å². The summed E-state index contributed by atoms with van der Waals surface area (Å²) >= 11 is 3.13. The molecule has 0 aromatic rings. The molecule has 0 rings (SSSR count). The van der Waals surface area contributed by atoms with Gasteiger partial charge in [-0.15, -0.1) is 6.58 Å². The lowest BCUT2D eigenvalue weighted by Gasteiger charge is -2.05. The quantitative estimate of drug-likeness (QED) is 0.317. The van der Waals surface area contributed by atoms with E-state index in [0.29, 0.717) is 6.61 Å². The average molecular weight is 235 g/mol. The van der Waals surface area contributed by atoms with Gasteiger partial charge in [0.05, 0.1) is 6.61 Å². The van der Waals surface area contributed by atoms with Crippen molar-refractivity contribution in [1.82, 2.24) is 0 Å². The lowest BCUT2D eigenvalue weighted by Crippen LogP contribution is -2.14. The van der Waals surface area contributed by atoms with E-state index in [2.05, 4.69) is 22.5 Å². The van der Waals surface area contributed by atoms with Crippen LogP contribution in [0.4, 0.5) is 0 Å². The molecule has 2 nitrogen and oxygen atoms in total. The molecule has 0 saturated carbocycles. The van der Waals surface area contributed by atoms with Crippen LogP contribution >= 0.6 is 15.9 Å². The highest BCUT2D eigenvalue weighted by Gasteiger charge is 2.08. The lowest BCUT2D eigenvalue weighted by atomic mass is 10.2. The first kappa shape index (κ1) is 11.7. The van der Waals surface area contributed by atoms with Gasteiger partial charge in [0.2, 0.25) is 0 Å². The molecule has 0 amide bonds. The highest BCUT2D eigenvalue weighted by molar-refractivity contribution is 9.10. The van der Waals surface area contributed by atoms with Gasteiger partial charge < -0.3 is 4.74 Å². The molecule has 0 spiro atoms. The van der Waals surface area contributed by atoms with Crippen LogP contribution in [0.5, 0.6) is 0 Å². The monoisotopic (exact) mass is 234 g/mol. The number of carbonyl (C=O) groups excluding carboxylic acids is 1. The number of ether oxygens (including phenoxy) is 1. The Morgan fingerprint density at radius 3 is 2.67 bits per heavy atom. The summed E-state index contributed by atoms with van der Waals surface area (Å²) in [6.07, 6.45) is 1.78. The van der Waals surface area contributed by atoms with E-state index in [9.17, 15) is 4.79 Å². The van der Waals surface area contributed by atoms with E-state index in [0.717, 1.165) is 18.4 Å². The molecule has 0 fully saturated rings. The highest BCUT2D eigenvalue weighted by atomic mass is 79.9. The second-order valence-electron chi connectivity index (χ2n) is 2.84. The number of carbonyl (C=O) groups is 1. The molecule has 0 aromatic carbocycles. The van der Waals surface area contributed by atoms with E-state index in [-0.39, 0.29) is 10.8 Å². The molecule has 0 aliphatic rings. The maximum absolute atomic E-state index is 10.9. The van der Waals surface area contributed by atoms with Gasteiger partial charge in [-0.2, -0.15) is 0 Å². The van der Waals surface area contributed by atoms with Gasteiger partial charge in [0, 0.05) is 0 Å². The Bertz CT molecular complexity index is 164. The first-order chi connectivity index (χ1) is 5.54. The molecule has 12 heavy (non-hydrogen) atoms.